The molecule has 2 aromatic rings. The molecule has 128 valence electrons. The summed E-state index contributed by atoms with van der Waals surface area (Å²) in [6.45, 7) is 0. The van der Waals surface area contributed by atoms with Crippen LogP contribution in [0.25, 0.3) is 6.08 Å². The fourth-order valence-corrected chi connectivity index (χ4v) is 3.79. The lowest BCUT2D eigenvalue weighted by molar-refractivity contribution is -0.137. The summed E-state index contributed by atoms with van der Waals surface area (Å²) in [5, 5.41) is 0. The molecule has 1 aliphatic heterocycles. The number of hydrogen-bond acceptors (Lipinski definition) is 3. The number of rotatable bonds is 2. The molecule has 0 saturated carbocycles. The van der Waals surface area contributed by atoms with E-state index in [0.717, 1.165) is 38.8 Å². The lowest BCUT2D eigenvalue weighted by atomic mass is 10.1. The van der Waals surface area contributed by atoms with Crippen LogP contribution in [0, 0.1) is 0 Å². The number of alkyl halides is 3. The molecular formula is C17H9BrF3NOS2. The lowest BCUT2D eigenvalue weighted by Crippen LogP contribution is -2.27. The number of thioether (sulfide) groups is 1. The van der Waals surface area contributed by atoms with Gasteiger partial charge in [-0.05, 0) is 42.0 Å². The number of nitrogens with zero attached hydrogens (tertiary/aromatic N) is 1. The summed E-state index contributed by atoms with van der Waals surface area (Å²) in [6, 6.07) is 11.9. The summed E-state index contributed by atoms with van der Waals surface area (Å²) in [6.07, 6.45) is -2.82. The zero-order valence-corrected chi connectivity index (χ0v) is 15.6. The zero-order chi connectivity index (χ0) is 18.2. The molecule has 0 radical (unpaired) electrons. The van der Waals surface area contributed by atoms with Gasteiger partial charge in [-0.2, -0.15) is 13.2 Å². The topological polar surface area (TPSA) is 20.3 Å². The molecule has 1 fully saturated rings. The van der Waals surface area contributed by atoms with Crippen molar-refractivity contribution in [3.63, 3.8) is 0 Å². The highest BCUT2D eigenvalue weighted by Gasteiger charge is 2.36. The Morgan fingerprint density at radius 1 is 1.12 bits per heavy atom. The lowest BCUT2D eigenvalue weighted by Gasteiger charge is -2.16. The fraction of sp³-hybridized carbons (Fsp3) is 0.0588. The van der Waals surface area contributed by atoms with E-state index in [-0.39, 0.29) is 10.0 Å². The molecule has 0 aromatic heterocycles. The third kappa shape index (κ3) is 3.96. The van der Waals surface area contributed by atoms with Crippen LogP contribution >= 0.6 is 39.9 Å². The summed E-state index contributed by atoms with van der Waals surface area (Å²) < 4.78 is 39.8. The number of hydrogen-bond donors (Lipinski definition) is 0. The Hall–Kier alpha value is -1.64. The first-order valence-corrected chi connectivity index (χ1v) is 8.98. The van der Waals surface area contributed by atoms with Crippen LogP contribution in [-0.4, -0.2) is 10.2 Å². The van der Waals surface area contributed by atoms with Crippen LogP contribution in [0.1, 0.15) is 11.1 Å². The number of thiocarbonyl (C=S) groups is 1. The second-order valence-corrected chi connectivity index (χ2v) is 7.71. The molecule has 2 aromatic carbocycles. The molecule has 0 bridgehead atoms. The van der Waals surface area contributed by atoms with E-state index in [4.69, 9.17) is 12.2 Å². The molecule has 1 amide bonds. The van der Waals surface area contributed by atoms with E-state index in [1.165, 1.54) is 12.1 Å². The number of carbonyl (C=O) groups is 1. The molecule has 0 unspecified atom stereocenters. The van der Waals surface area contributed by atoms with Crippen molar-refractivity contribution in [1.82, 2.24) is 0 Å². The Morgan fingerprint density at radius 3 is 2.44 bits per heavy atom. The van der Waals surface area contributed by atoms with Crippen LogP contribution in [0.4, 0.5) is 18.9 Å². The maximum absolute atomic E-state index is 12.9. The molecule has 25 heavy (non-hydrogen) atoms. The van der Waals surface area contributed by atoms with Gasteiger partial charge < -0.3 is 0 Å². The highest BCUT2D eigenvalue weighted by Crippen LogP contribution is 2.38. The van der Waals surface area contributed by atoms with Gasteiger partial charge in [-0.25, -0.2) is 0 Å². The van der Waals surface area contributed by atoms with Gasteiger partial charge in [0.05, 0.1) is 16.2 Å². The average Bonchev–Trinajstić information content (AvgIpc) is 2.83. The zero-order valence-electron chi connectivity index (χ0n) is 12.4. The molecule has 1 aliphatic rings. The minimum Gasteiger partial charge on any atom is -0.268 e. The van der Waals surface area contributed by atoms with Crippen molar-refractivity contribution >= 4 is 61.9 Å². The van der Waals surface area contributed by atoms with Crippen LogP contribution in [0.3, 0.4) is 0 Å². The summed E-state index contributed by atoms with van der Waals surface area (Å²) >= 11 is 9.58. The first-order chi connectivity index (χ1) is 11.8. The summed E-state index contributed by atoms with van der Waals surface area (Å²) in [4.78, 5) is 14.1. The summed E-state index contributed by atoms with van der Waals surface area (Å²) in [7, 11) is 0. The molecule has 0 spiro atoms. The SMILES string of the molecule is O=C1C(=Cc2ccc(Br)cc2)SC(=S)N1c1cccc(C(F)(F)F)c1. The van der Waals surface area contributed by atoms with Gasteiger partial charge in [0.1, 0.15) is 0 Å². The summed E-state index contributed by atoms with van der Waals surface area (Å²) in [5.74, 6) is -0.433. The van der Waals surface area contributed by atoms with Gasteiger partial charge in [-0.1, -0.05) is 58.1 Å². The molecule has 1 heterocycles. The largest absolute Gasteiger partial charge is 0.416 e. The number of benzene rings is 2. The van der Waals surface area contributed by atoms with Gasteiger partial charge in [-0.15, -0.1) is 0 Å². The number of amides is 1. The second-order valence-electron chi connectivity index (χ2n) is 5.12. The highest BCUT2D eigenvalue weighted by atomic mass is 79.9. The van der Waals surface area contributed by atoms with Crippen LogP contribution < -0.4 is 4.90 Å². The Balaban J connectivity index is 1.93. The smallest absolute Gasteiger partial charge is 0.268 e. The Kier molecular flexibility index (Phi) is 5.04. The van der Waals surface area contributed by atoms with Crippen LogP contribution in [-0.2, 0) is 11.0 Å². The predicted octanol–water partition coefficient (Wildman–Crippen LogP) is 5.87. The van der Waals surface area contributed by atoms with Crippen molar-refractivity contribution in [2.24, 2.45) is 0 Å². The van der Waals surface area contributed by atoms with E-state index in [1.807, 2.05) is 24.3 Å². The standard InChI is InChI=1S/C17H9BrF3NOS2/c18-12-6-4-10(5-7-12)8-14-15(23)22(16(24)25-14)13-3-1-2-11(9-13)17(19,20)21/h1-9H. The molecule has 8 heteroatoms. The van der Waals surface area contributed by atoms with E-state index in [2.05, 4.69) is 15.9 Å². The third-order valence-corrected chi connectivity index (χ3v) is 5.22. The third-order valence-electron chi connectivity index (χ3n) is 3.39. The average molecular weight is 444 g/mol. The molecule has 0 aliphatic carbocycles. The van der Waals surface area contributed by atoms with E-state index >= 15 is 0 Å². The minimum absolute atomic E-state index is 0.108. The van der Waals surface area contributed by atoms with Crippen molar-refractivity contribution in [2.45, 2.75) is 6.18 Å². The molecular weight excluding hydrogens is 435 g/mol. The second kappa shape index (κ2) is 6.93. The van der Waals surface area contributed by atoms with Gasteiger partial charge >= 0.3 is 6.18 Å². The Bertz CT molecular complexity index is 878. The van der Waals surface area contributed by atoms with Crippen molar-refractivity contribution in [2.75, 3.05) is 4.90 Å². The van der Waals surface area contributed by atoms with Gasteiger partial charge in [0.2, 0.25) is 0 Å². The monoisotopic (exact) mass is 443 g/mol. The summed E-state index contributed by atoms with van der Waals surface area (Å²) in [5.41, 5.74) is 0.0835. The van der Waals surface area contributed by atoms with E-state index in [9.17, 15) is 18.0 Å². The quantitative estimate of drug-likeness (QED) is 0.427. The number of carbonyl (C=O) groups excluding carboxylic acids is 1. The van der Waals surface area contributed by atoms with Crippen LogP contribution in [0.5, 0.6) is 0 Å². The van der Waals surface area contributed by atoms with Crippen molar-refractivity contribution < 1.29 is 18.0 Å². The maximum Gasteiger partial charge on any atom is 0.416 e. The van der Waals surface area contributed by atoms with E-state index in [1.54, 1.807) is 6.08 Å². The Morgan fingerprint density at radius 2 is 1.80 bits per heavy atom. The van der Waals surface area contributed by atoms with Gasteiger partial charge in [0.25, 0.3) is 5.91 Å². The van der Waals surface area contributed by atoms with Crippen LogP contribution in [0.2, 0.25) is 0 Å². The maximum atomic E-state index is 12.9. The molecule has 3 rings (SSSR count). The van der Waals surface area contributed by atoms with Crippen LogP contribution in [0.15, 0.2) is 57.9 Å². The van der Waals surface area contributed by atoms with Crippen molar-refractivity contribution in [3.05, 3.63) is 69.0 Å². The van der Waals surface area contributed by atoms with Crippen molar-refractivity contribution in [3.8, 4) is 0 Å². The Labute approximate surface area is 159 Å². The fourth-order valence-electron chi connectivity index (χ4n) is 2.22. The highest BCUT2D eigenvalue weighted by molar-refractivity contribution is 9.10. The van der Waals surface area contributed by atoms with Gasteiger partial charge in [-0.3, -0.25) is 9.69 Å². The molecule has 0 N–H and O–H groups in total. The normalized spacial score (nSPS) is 16.8. The van der Waals surface area contributed by atoms with E-state index in [0.29, 0.717) is 4.91 Å². The predicted molar refractivity (Wildman–Crippen MR) is 101 cm³/mol. The van der Waals surface area contributed by atoms with Gasteiger partial charge in [0.15, 0.2) is 4.32 Å². The van der Waals surface area contributed by atoms with Crippen molar-refractivity contribution in [1.29, 1.82) is 0 Å². The first-order valence-electron chi connectivity index (χ1n) is 6.96. The molecule has 1 saturated heterocycles. The number of anilines is 1. The number of halogens is 4. The minimum atomic E-state index is -4.48. The molecule has 0 atom stereocenters. The molecule has 2 nitrogen and oxygen atoms in total. The van der Waals surface area contributed by atoms with E-state index < -0.39 is 17.6 Å². The first kappa shape index (κ1) is 18.2. The van der Waals surface area contributed by atoms with Gasteiger partial charge in [0, 0.05) is 4.47 Å².